The molecular weight excluding hydrogens is 248 g/mol. The number of carbonyl (C=O) groups excluding carboxylic acids is 1. The Kier molecular flexibility index (Phi) is 4.49. The van der Waals surface area contributed by atoms with E-state index in [1.165, 1.54) is 4.90 Å². The lowest BCUT2D eigenvalue weighted by atomic mass is 10.1. The molecule has 5 heteroatoms. The number of piperidine rings is 1. The highest BCUT2D eigenvalue weighted by Gasteiger charge is 2.21. The van der Waals surface area contributed by atoms with Crippen molar-refractivity contribution in [1.29, 1.82) is 0 Å². The molecule has 1 unspecified atom stereocenters. The van der Waals surface area contributed by atoms with Gasteiger partial charge in [0, 0.05) is 23.7 Å². The van der Waals surface area contributed by atoms with Gasteiger partial charge in [-0.15, -0.1) is 11.8 Å². The summed E-state index contributed by atoms with van der Waals surface area (Å²) >= 11 is 1.67. The van der Waals surface area contributed by atoms with E-state index in [0.717, 1.165) is 18.5 Å². The maximum Gasteiger partial charge on any atom is 0.321 e. The second-order valence-corrected chi connectivity index (χ2v) is 5.28. The summed E-state index contributed by atoms with van der Waals surface area (Å²) in [6, 6.07) is 7.61. The maximum absolute atomic E-state index is 12.0. The van der Waals surface area contributed by atoms with E-state index in [9.17, 15) is 9.90 Å². The molecule has 1 saturated heterocycles. The zero-order valence-electron chi connectivity index (χ0n) is 10.4. The van der Waals surface area contributed by atoms with Crippen LogP contribution in [0.15, 0.2) is 29.2 Å². The van der Waals surface area contributed by atoms with Gasteiger partial charge >= 0.3 is 6.03 Å². The molecule has 1 aromatic carbocycles. The molecule has 0 aliphatic carbocycles. The normalized spacial score (nSPS) is 19.7. The van der Waals surface area contributed by atoms with Crippen molar-refractivity contribution < 1.29 is 9.90 Å². The number of likely N-dealkylation sites (tertiary alicyclic amines) is 1. The Labute approximate surface area is 111 Å². The van der Waals surface area contributed by atoms with Gasteiger partial charge in [0.15, 0.2) is 0 Å². The van der Waals surface area contributed by atoms with Crippen molar-refractivity contribution in [3.05, 3.63) is 24.3 Å². The molecule has 1 atom stereocenters. The second kappa shape index (κ2) is 6.11. The van der Waals surface area contributed by atoms with Crippen molar-refractivity contribution in [2.75, 3.05) is 24.7 Å². The molecule has 1 aliphatic heterocycles. The van der Waals surface area contributed by atoms with Crippen LogP contribution in [0.4, 0.5) is 10.5 Å². The van der Waals surface area contributed by atoms with Crippen LogP contribution in [0.25, 0.3) is 0 Å². The van der Waals surface area contributed by atoms with Crippen LogP contribution in [0.2, 0.25) is 0 Å². The first-order valence-corrected chi connectivity index (χ1v) is 7.29. The van der Waals surface area contributed by atoms with Gasteiger partial charge in [0.2, 0.25) is 0 Å². The quantitative estimate of drug-likeness (QED) is 0.808. The van der Waals surface area contributed by atoms with Crippen LogP contribution in [0.1, 0.15) is 12.8 Å². The Balaban J connectivity index is 1.93. The number of amides is 2. The summed E-state index contributed by atoms with van der Waals surface area (Å²) in [5.74, 6) is 0. The highest BCUT2D eigenvalue weighted by atomic mass is 32.2. The maximum atomic E-state index is 12.0. The predicted octanol–water partition coefficient (Wildman–Crippen LogP) is 2.40. The fraction of sp³-hybridized carbons (Fsp3) is 0.462. The molecule has 0 saturated carbocycles. The molecule has 2 rings (SSSR count). The van der Waals surface area contributed by atoms with Gasteiger partial charge in [0.1, 0.15) is 0 Å². The number of rotatable bonds is 2. The summed E-state index contributed by atoms with van der Waals surface area (Å²) in [6.45, 7) is 1.14. The molecule has 98 valence electrons. The summed E-state index contributed by atoms with van der Waals surface area (Å²) in [5, 5.41) is 12.4. The lowest BCUT2D eigenvalue weighted by molar-refractivity contribution is 0.0883. The van der Waals surface area contributed by atoms with E-state index in [4.69, 9.17) is 0 Å². The average Bonchev–Trinajstić information content (AvgIpc) is 2.39. The highest BCUT2D eigenvalue weighted by Crippen LogP contribution is 2.18. The Morgan fingerprint density at radius 3 is 2.78 bits per heavy atom. The molecule has 1 fully saturated rings. The second-order valence-electron chi connectivity index (χ2n) is 4.40. The topological polar surface area (TPSA) is 52.6 Å². The van der Waals surface area contributed by atoms with E-state index < -0.39 is 0 Å². The minimum atomic E-state index is -0.386. The van der Waals surface area contributed by atoms with Crippen molar-refractivity contribution in [2.45, 2.75) is 23.8 Å². The van der Waals surface area contributed by atoms with Crippen LogP contribution in [0.3, 0.4) is 0 Å². The third-order valence-corrected chi connectivity index (χ3v) is 3.77. The van der Waals surface area contributed by atoms with E-state index in [0.29, 0.717) is 13.1 Å². The molecule has 1 aliphatic rings. The van der Waals surface area contributed by atoms with E-state index in [-0.39, 0.29) is 12.1 Å². The minimum Gasteiger partial charge on any atom is -0.391 e. The molecule has 2 amide bonds. The van der Waals surface area contributed by atoms with Gasteiger partial charge in [-0.1, -0.05) is 0 Å². The zero-order valence-corrected chi connectivity index (χ0v) is 11.2. The van der Waals surface area contributed by atoms with Crippen molar-refractivity contribution in [1.82, 2.24) is 4.90 Å². The largest absolute Gasteiger partial charge is 0.391 e. The van der Waals surface area contributed by atoms with Gasteiger partial charge in [-0.2, -0.15) is 0 Å². The number of carbonyl (C=O) groups is 1. The van der Waals surface area contributed by atoms with Crippen LogP contribution < -0.4 is 5.32 Å². The number of aliphatic hydroxyl groups is 1. The van der Waals surface area contributed by atoms with Gasteiger partial charge in [-0.3, -0.25) is 0 Å². The lowest BCUT2D eigenvalue weighted by Gasteiger charge is -2.30. The molecule has 4 nitrogen and oxygen atoms in total. The van der Waals surface area contributed by atoms with Crippen LogP contribution in [0, 0.1) is 0 Å². The van der Waals surface area contributed by atoms with Crippen LogP contribution in [-0.4, -0.2) is 41.5 Å². The third kappa shape index (κ3) is 3.40. The molecule has 1 heterocycles. The number of thioether (sulfide) groups is 1. The number of hydrogen-bond donors (Lipinski definition) is 2. The lowest BCUT2D eigenvalue weighted by Crippen LogP contribution is -2.44. The Bertz CT molecular complexity index is 408. The smallest absolute Gasteiger partial charge is 0.321 e. The summed E-state index contributed by atoms with van der Waals surface area (Å²) in [7, 11) is 0. The summed E-state index contributed by atoms with van der Waals surface area (Å²) in [4.78, 5) is 14.8. The Hall–Kier alpha value is -1.20. The number of urea groups is 1. The summed E-state index contributed by atoms with van der Waals surface area (Å²) in [5.41, 5.74) is 0.790. The Morgan fingerprint density at radius 1 is 1.44 bits per heavy atom. The number of nitrogens with zero attached hydrogens (tertiary/aromatic N) is 1. The number of hydrogen-bond acceptors (Lipinski definition) is 3. The molecular formula is C13H18N2O2S. The molecule has 1 aromatic rings. The van der Waals surface area contributed by atoms with E-state index >= 15 is 0 Å². The number of nitrogens with one attached hydrogen (secondary N) is 1. The zero-order chi connectivity index (χ0) is 13.0. The molecule has 18 heavy (non-hydrogen) atoms. The number of anilines is 1. The van der Waals surface area contributed by atoms with Gasteiger partial charge in [0.05, 0.1) is 6.10 Å². The van der Waals surface area contributed by atoms with Crippen molar-refractivity contribution in [2.24, 2.45) is 0 Å². The molecule has 2 N–H and O–H groups in total. The number of benzene rings is 1. The van der Waals surface area contributed by atoms with Crippen molar-refractivity contribution >= 4 is 23.5 Å². The minimum absolute atomic E-state index is 0.134. The first kappa shape index (κ1) is 13.2. The summed E-state index contributed by atoms with van der Waals surface area (Å²) < 4.78 is 0. The number of aliphatic hydroxyl groups excluding tert-OH is 1. The molecule has 0 spiro atoms. The van der Waals surface area contributed by atoms with E-state index in [1.807, 2.05) is 30.5 Å². The fourth-order valence-electron chi connectivity index (χ4n) is 2.02. The van der Waals surface area contributed by atoms with Crippen molar-refractivity contribution in [3.63, 3.8) is 0 Å². The van der Waals surface area contributed by atoms with Gasteiger partial charge in [0.25, 0.3) is 0 Å². The van der Waals surface area contributed by atoms with Gasteiger partial charge < -0.3 is 15.3 Å². The first-order valence-electron chi connectivity index (χ1n) is 6.07. The highest BCUT2D eigenvalue weighted by molar-refractivity contribution is 7.98. The van der Waals surface area contributed by atoms with Crippen LogP contribution in [0.5, 0.6) is 0 Å². The third-order valence-electron chi connectivity index (χ3n) is 3.03. The monoisotopic (exact) mass is 266 g/mol. The molecule has 0 bridgehead atoms. The predicted molar refractivity (Wildman–Crippen MR) is 74.1 cm³/mol. The van der Waals surface area contributed by atoms with Gasteiger partial charge in [-0.25, -0.2) is 4.79 Å². The summed E-state index contributed by atoms with van der Waals surface area (Å²) in [6.07, 6.45) is 3.28. The fourth-order valence-corrected chi connectivity index (χ4v) is 2.42. The Morgan fingerprint density at radius 2 is 2.17 bits per heavy atom. The van der Waals surface area contributed by atoms with Crippen LogP contribution >= 0.6 is 11.8 Å². The average molecular weight is 266 g/mol. The standard InChI is InChI=1S/C13H18N2O2S/c1-18-12-6-4-10(5-7-12)14-13(17)15-8-2-3-11(16)9-15/h4-7,11,16H,2-3,8-9H2,1H3,(H,14,17). The first-order chi connectivity index (χ1) is 8.69. The SMILES string of the molecule is CSc1ccc(NC(=O)N2CCCC(O)C2)cc1. The molecule has 0 radical (unpaired) electrons. The van der Waals surface area contributed by atoms with Crippen LogP contribution in [-0.2, 0) is 0 Å². The van der Waals surface area contributed by atoms with E-state index in [2.05, 4.69) is 5.32 Å². The van der Waals surface area contributed by atoms with Crippen molar-refractivity contribution in [3.8, 4) is 0 Å². The number of β-amino-alcohol motifs (C(OH)–C–C–N with tert-alkyl or cyclic N) is 1. The van der Waals surface area contributed by atoms with Gasteiger partial charge in [-0.05, 0) is 43.4 Å². The molecule has 0 aromatic heterocycles. The van der Waals surface area contributed by atoms with E-state index in [1.54, 1.807) is 16.7 Å².